The maximum absolute atomic E-state index is 11.2. The average molecular weight is 319 g/mol. The third-order valence-electron chi connectivity index (χ3n) is 3.50. The molecule has 22 heavy (non-hydrogen) atoms. The van der Waals surface area contributed by atoms with Gasteiger partial charge in [-0.15, -0.1) is 0 Å². The molecule has 0 bridgehead atoms. The maximum atomic E-state index is 11.2. The zero-order valence-corrected chi connectivity index (χ0v) is 12.7. The van der Waals surface area contributed by atoms with Crippen LogP contribution in [-0.2, 0) is 6.42 Å². The summed E-state index contributed by atoms with van der Waals surface area (Å²) in [6.45, 7) is 1.96. The molecule has 0 radical (unpaired) electrons. The van der Waals surface area contributed by atoms with Crippen LogP contribution in [0.25, 0.3) is 0 Å². The fourth-order valence-corrected chi connectivity index (χ4v) is 2.58. The number of carboxylic acid groups (broad SMARTS) is 2. The molecule has 0 aliphatic heterocycles. The number of carboxylic acids is 2. The van der Waals surface area contributed by atoms with Gasteiger partial charge in [0.05, 0.1) is 11.1 Å². The summed E-state index contributed by atoms with van der Waals surface area (Å²) < 4.78 is 0. The zero-order valence-electron chi connectivity index (χ0n) is 11.9. The molecule has 0 heterocycles. The topological polar surface area (TPSA) is 74.6 Å². The molecule has 0 aromatic heterocycles. The highest BCUT2D eigenvalue weighted by Gasteiger charge is 2.18. The predicted molar refractivity (Wildman–Crippen MR) is 83.9 cm³/mol. The lowest BCUT2D eigenvalue weighted by atomic mass is 9.91. The number of hydrogen-bond acceptors (Lipinski definition) is 2. The first kappa shape index (κ1) is 16.0. The Balaban J connectivity index is 2.30. The predicted octanol–water partition coefficient (Wildman–Crippen LogP) is 4.08. The Morgan fingerprint density at radius 2 is 1.73 bits per heavy atom. The van der Waals surface area contributed by atoms with Gasteiger partial charge in [0, 0.05) is 5.02 Å². The molecule has 0 aliphatic carbocycles. The van der Waals surface area contributed by atoms with Gasteiger partial charge in [-0.1, -0.05) is 36.7 Å². The number of hydrogen-bond donors (Lipinski definition) is 2. The molecule has 5 heteroatoms. The van der Waals surface area contributed by atoms with Crippen molar-refractivity contribution in [2.75, 3.05) is 0 Å². The Kier molecular flexibility index (Phi) is 4.83. The van der Waals surface area contributed by atoms with E-state index < -0.39 is 11.9 Å². The van der Waals surface area contributed by atoms with E-state index in [1.165, 1.54) is 12.1 Å². The summed E-state index contributed by atoms with van der Waals surface area (Å²) in [5.74, 6) is -2.44. The number of carbonyl (C=O) groups is 2. The number of aromatic carboxylic acids is 2. The Labute approximate surface area is 133 Å². The van der Waals surface area contributed by atoms with Crippen LogP contribution in [0.3, 0.4) is 0 Å². The van der Waals surface area contributed by atoms with Gasteiger partial charge in [-0.25, -0.2) is 9.59 Å². The van der Waals surface area contributed by atoms with Crippen LogP contribution in [0.2, 0.25) is 5.02 Å². The first-order valence-corrected chi connectivity index (χ1v) is 7.11. The van der Waals surface area contributed by atoms with Gasteiger partial charge in [0.25, 0.3) is 0 Å². The highest BCUT2D eigenvalue weighted by Crippen LogP contribution is 2.24. The number of halogens is 1. The highest BCUT2D eigenvalue weighted by molar-refractivity contribution is 6.30. The standard InChI is InChI=1S/C17H15ClO4/c1-10(7-11-3-2-4-13(18)8-11)12-5-6-14(16(19)20)15(9-12)17(21)22/h2-6,8-10H,7H2,1H3,(H,19,20)(H,21,22). The second-order valence-electron chi connectivity index (χ2n) is 5.15. The Hall–Kier alpha value is -2.33. The smallest absolute Gasteiger partial charge is 0.336 e. The van der Waals surface area contributed by atoms with Crippen LogP contribution >= 0.6 is 11.6 Å². The summed E-state index contributed by atoms with van der Waals surface area (Å²) in [6.07, 6.45) is 0.687. The highest BCUT2D eigenvalue weighted by atomic mass is 35.5. The van der Waals surface area contributed by atoms with E-state index in [-0.39, 0.29) is 17.0 Å². The molecule has 0 spiro atoms. The molecule has 0 amide bonds. The van der Waals surface area contributed by atoms with Crippen LogP contribution in [0.5, 0.6) is 0 Å². The molecule has 1 unspecified atom stereocenters. The molecule has 2 rings (SSSR count). The summed E-state index contributed by atoms with van der Waals surface area (Å²) >= 11 is 5.95. The first-order valence-electron chi connectivity index (χ1n) is 6.73. The van der Waals surface area contributed by atoms with Crippen LogP contribution in [0, 0.1) is 0 Å². The Morgan fingerprint density at radius 3 is 2.32 bits per heavy atom. The fourth-order valence-electron chi connectivity index (χ4n) is 2.37. The summed E-state index contributed by atoms with van der Waals surface area (Å²) in [7, 11) is 0. The van der Waals surface area contributed by atoms with Gasteiger partial charge in [0.15, 0.2) is 0 Å². The molecule has 0 saturated carbocycles. The van der Waals surface area contributed by atoms with Crippen LogP contribution in [-0.4, -0.2) is 22.2 Å². The quantitative estimate of drug-likeness (QED) is 0.871. The minimum absolute atomic E-state index is 0.0411. The Bertz CT molecular complexity index is 724. The third kappa shape index (κ3) is 3.65. The van der Waals surface area contributed by atoms with Crippen molar-refractivity contribution in [2.24, 2.45) is 0 Å². The molecule has 2 aromatic rings. The van der Waals surface area contributed by atoms with Gasteiger partial charge < -0.3 is 10.2 Å². The van der Waals surface area contributed by atoms with E-state index in [0.29, 0.717) is 11.4 Å². The van der Waals surface area contributed by atoms with Gasteiger partial charge in [0.1, 0.15) is 0 Å². The van der Waals surface area contributed by atoms with E-state index in [0.717, 1.165) is 11.1 Å². The number of rotatable bonds is 5. The minimum Gasteiger partial charge on any atom is -0.478 e. The van der Waals surface area contributed by atoms with Crippen molar-refractivity contribution >= 4 is 23.5 Å². The van der Waals surface area contributed by atoms with Crippen LogP contribution < -0.4 is 0 Å². The summed E-state index contributed by atoms with van der Waals surface area (Å²) in [5.41, 5.74) is 1.43. The van der Waals surface area contributed by atoms with Crippen LogP contribution in [0.1, 0.15) is 44.7 Å². The van der Waals surface area contributed by atoms with E-state index in [2.05, 4.69) is 0 Å². The first-order chi connectivity index (χ1) is 10.4. The summed E-state index contributed by atoms with van der Waals surface area (Å²) in [6, 6.07) is 11.9. The van der Waals surface area contributed by atoms with E-state index >= 15 is 0 Å². The second-order valence-corrected chi connectivity index (χ2v) is 5.59. The number of benzene rings is 2. The van der Waals surface area contributed by atoms with E-state index in [4.69, 9.17) is 21.8 Å². The van der Waals surface area contributed by atoms with E-state index in [1.54, 1.807) is 12.1 Å². The van der Waals surface area contributed by atoms with Gasteiger partial charge in [-0.05, 0) is 47.7 Å². The normalized spacial score (nSPS) is 11.9. The SMILES string of the molecule is CC(Cc1cccc(Cl)c1)c1ccc(C(=O)O)c(C(=O)O)c1. The maximum Gasteiger partial charge on any atom is 0.336 e. The van der Waals surface area contributed by atoms with Crippen LogP contribution in [0.15, 0.2) is 42.5 Å². The monoisotopic (exact) mass is 318 g/mol. The van der Waals surface area contributed by atoms with E-state index in [1.807, 2.05) is 25.1 Å². The van der Waals surface area contributed by atoms with Crippen molar-refractivity contribution in [3.8, 4) is 0 Å². The largest absolute Gasteiger partial charge is 0.478 e. The van der Waals surface area contributed by atoms with Gasteiger partial charge >= 0.3 is 11.9 Å². The molecule has 1 atom stereocenters. The van der Waals surface area contributed by atoms with Crippen LogP contribution in [0.4, 0.5) is 0 Å². The third-order valence-corrected chi connectivity index (χ3v) is 3.74. The van der Waals surface area contributed by atoms with Crippen molar-refractivity contribution in [2.45, 2.75) is 19.3 Å². The zero-order chi connectivity index (χ0) is 16.3. The fraction of sp³-hybridized carbons (Fsp3) is 0.176. The lowest BCUT2D eigenvalue weighted by Crippen LogP contribution is -2.10. The molecule has 4 nitrogen and oxygen atoms in total. The van der Waals surface area contributed by atoms with E-state index in [9.17, 15) is 9.59 Å². The molecule has 0 fully saturated rings. The Morgan fingerprint density at radius 1 is 1.05 bits per heavy atom. The minimum atomic E-state index is -1.24. The van der Waals surface area contributed by atoms with Gasteiger partial charge in [-0.3, -0.25) is 0 Å². The summed E-state index contributed by atoms with van der Waals surface area (Å²) in [4.78, 5) is 22.3. The lowest BCUT2D eigenvalue weighted by molar-refractivity contribution is 0.0651. The van der Waals surface area contributed by atoms with Gasteiger partial charge in [0.2, 0.25) is 0 Å². The molecular formula is C17H15ClO4. The molecule has 2 N–H and O–H groups in total. The molecule has 114 valence electrons. The van der Waals surface area contributed by atoms with Crippen molar-refractivity contribution in [1.29, 1.82) is 0 Å². The van der Waals surface area contributed by atoms with Crippen molar-refractivity contribution in [1.82, 2.24) is 0 Å². The molecule has 2 aromatic carbocycles. The lowest BCUT2D eigenvalue weighted by Gasteiger charge is -2.14. The van der Waals surface area contributed by atoms with Gasteiger partial charge in [-0.2, -0.15) is 0 Å². The molecule has 0 saturated heterocycles. The summed E-state index contributed by atoms with van der Waals surface area (Å²) in [5, 5.41) is 18.8. The molecule has 0 aliphatic rings. The second kappa shape index (κ2) is 6.62. The van der Waals surface area contributed by atoms with Crippen molar-refractivity contribution in [3.05, 3.63) is 69.7 Å². The van der Waals surface area contributed by atoms with Crippen molar-refractivity contribution < 1.29 is 19.8 Å². The van der Waals surface area contributed by atoms with Crippen molar-refractivity contribution in [3.63, 3.8) is 0 Å². The average Bonchev–Trinajstić information content (AvgIpc) is 2.46. The molecular weight excluding hydrogens is 304 g/mol.